The van der Waals surface area contributed by atoms with Crippen LogP contribution < -0.4 is 0 Å². The zero-order valence-corrected chi connectivity index (χ0v) is 12.7. The van der Waals surface area contributed by atoms with Gasteiger partial charge in [-0.3, -0.25) is 0 Å². The van der Waals surface area contributed by atoms with Gasteiger partial charge in [-0.1, -0.05) is 35.9 Å². The molecule has 0 aliphatic heterocycles. The molecule has 0 fully saturated rings. The molecule has 0 heterocycles. The molecular weight excluding hydrogens is 284 g/mol. The molecule has 0 unspecified atom stereocenters. The van der Waals surface area contributed by atoms with Crippen molar-refractivity contribution < 1.29 is 9.53 Å². The number of hydrogen-bond donors (Lipinski definition) is 0. The number of esters is 1. The Morgan fingerprint density at radius 2 is 2.24 bits per heavy atom. The third-order valence-electron chi connectivity index (χ3n) is 3.87. The average Bonchev–Trinajstić information content (AvgIpc) is 2.87. The normalized spacial score (nSPS) is 16.8. The zero-order valence-electron chi connectivity index (χ0n) is 12.0. The summed E-state index contributed by atoms with van der Waals surface area (Å²) < 4.78 is 5.23. The monoisotopic (exact) mass is 300 g/mol. The highest BCUT2D eigenvalue weighted by atomic mass is 35.5. The summed E-state index contributed by atoms with van der Waals surface area (Å²) in [6.45, 7) is 2.23. The Kier molecular flexibility index (Phi) is 3.98. The van der Waals surface area contributed by atoms with E-state index in [1.165, 1.54) is 5.57 Å². The van der Waals surface area contributed by atoms with Gasteiger partial charge in [0.25, 0.3) is 0 Å². The van der Waals surface area contributed by atoms with Crippen LogP contribution in [0.2, 0.25) is 5.02 Å². The smallest absolute Gasteiger partial charge is 0.334 e. The molecule has 108 valence electrons. The van der Waals surface area contributed by atoms with Crippen LogP contribution in [0, 0.1) is 0 Å². The lowest BCUT2D eigenvalue weighted by molar-refractivity contribution is -0.138. The number of fused-ring (bicyclic) bond motifs is 1. The summed E-state index contributed by atoms with van der Waals surface area (Å²) in [5.41, 5.74) is 5.20. The van der Waals surface area contributed by atoms with E-state index in [-0.39, 0.29) is 5.97 Å². The number of benzene rings is 1. The van der Waals surface area contributed by atoms with Crippen molar-refractivity contribution in [2.45, 2.75) is 26.2 Å². The van der Waals surface area contributed by atoms with Crippen molar-refractivity contribution in [3.63, 3.8) is 0 Å². The Morgan fingerprint density at radius 1 is 1.38 bits per heavy atom. The lowest BCUT2D eigenvalue weighted by Crippen LogP contribution is -2.09. The predicted octanol–water partition coefficient (Wildman–Crippen LogP) is 4.49. The van der Waals surface area contributed by atoms with Crippen molar-refractivity contribution in [1.82, 2.24) is 0 Å². The van der Waals surface area contributed by atoms with E-state index in [0.29, 0.717) is 18.1 Å². The largest absolute Gasteiger partial charge is 0.463 e. The van der Waals surface area contributed by atoms with Crippen LogP contribution in [0.15, 0.2) is 47.6 Å². The van der Waals surface area contributed by atoms with Gasteiger partial charge >= 0.3 is 5.97 Å². The van der Waals surface area contributed by atoms with E-state index in [1.807, 2.05) is 25.1 Å². The van der Waals surface area contributed by atoms with E-state index in [0.717, 1.165) is 35.1 Å². The maximum absolute atomic E-state index is 12.3. The van der Waals surface area contributed by atoms with Crippen molar-refractivity contribution in [3.05, 3.63) is 63.7 Å². The Labute approximate surface area is 129 Å². The van der Waals surface area contributed by atoms with E-state index < -0.39 is 0 Å². The molecule has 0 saturated carbocycles. The minimum atomic E-state index is -0.213. The third kappa shape index (κ3) is 2.68. The van der Waals surface area contributed by atoms with Gasteiger partial charge in [0.1, 0.15) is 0 Å². The van der Waals surface area contributed by atoms with Crippen LogP contribution in [0.5, 0.6) is 0 Å². The van der Waals surface area contributed by atoms with Crippen molar-refractivity contribution in [2.24, 2.45) is 0 Å². The number of halogens is 1. The van der Waals surface area contributed by atoms with Gasteiger partial charge < -0.3 is 4.74 Å². The van der Waals surface area contributed by atoms with Crippen LogP contribution >= 0.6 is 11.6 Å². The number of ether oxygens (including phenoxy) is 1. The SMILES string of the molecule is CCOC(=O)C1=C(C2=CC=CCC2)c2cc(Cl)ccc2C1. The minimum absolute atomic E-state index is 0.213. The van der Waals surface area contributed by atoms with Crippen LogP contribution in [0.25, 0.3) is 5.57 Å². The number of carbonyl (C=O) groups excluding carboxylic acids is 1. The molecule has 0 N–H and O–H groups in total. The highest BCUT2D eigenvalue weighted by Gasteiger charge is 2.29. The standard InChI is InChI=1S/C18H17ClO2/c1-2-21-18(20)16-10-13-8-9-14(19)11-15(13)17(16)12-6-4-3-5-7-12/h3-4,6,8-9,11H,2,5,7,10H2,1H3. The molecule has 2 aliphatic carbocycles. The first kappa shape index (κ1) is 14.2. The van der Waals surface area contributed by atoms with Crippen molar-refractivity contribution in [2.75, 3.05) is 6.61 Å². The van der Waals surface area contributed by atoms with Gasteiger partial charge in [-0.2, -0.15) is 0 Å². The number of carbonyl (C=O) groups is 1. The molecule has 0 saturated heterocycles. The summed E-state index contributed by atoms with van der Waals surface area (Å²) in [7, 11) is 0. The summed E-state index contributed by atoms with van der Waals surface area (Å²) in [4.78, 5) is 12.3. The molecule has 3 rings (SSSR count). The van der Waals surface area contributed by atoms with E-state index in [1.54, 1.807) is 0 Å². The lowest BCUT2D eigenvalue weighted by atomic mass is 9.91. The molecule has 0 bridgehead atoms. The molecule has 2 aliphatic rings. The van der Waals surface area contributed by atoms with Gasteiger partial charge in [-0.15, -0.1) is 0 Å². The number of rotatable bonds is 3. The second-order valence-electron chi connectivity index (χ2n) is 5.21. The maximum atomic E-state index is 12.3. The molecule has 21 heavy (non-hydrogen) atoms. The molecule has 1 aromatic rings. The van der Waals surface area contributed by atoms with Gasteiger partial charge in [0, 0.05) is 17.0 Å². The fourth-order valence-electron chi connectivity index (χ4n) is 2.95. The van der Waals surface area contributed by atoms with Crippen LogP contribution in [0.3, 0.4) is 0 Å². The first-order chi connectivity index (χ1) is 10.2. The molecule has 0 aromatic heterocycles. The Hall–Kier alpha value is -1.80. The average molecular weight is 301 g/mol. The van der Waals surface area contributed by atoms with E-state index in [4.69, 9.17) is 16.3 Å². The minimum Gasteiger partial charge on any atom is -0.463 e. The highest BCUT2D eigenvalue weighted by molar-refractivity contribution is 6.31. The second kappa shape index (κ2) is 5.90. The van der Waals surface area contributed by atoms with E-state index in [2.05, 4.69) is 18.2 Å². The molecule has 0 atom stereocenters. The Morgan fingerprint density at radius 3 is 2.95 bits per heavy atom. The Balaban J connectivity index is 2.12. The Bertz CT molecular complexity index is 680. The molecule has 0 spiro atoms. The second-order valence-corrected chi connectivity index (χ2v) is 5.65. The van der Waals surface area contributed by atoms with Crippen molar-refractivity contribution in [1.29, 1.82) is 0 Å². The predicted molar refractivity (Wildman–Crippen MR) is 85.2 cm³/mol. The van der Waals surface area contributed by atoms with E-state index >= 15 is 0 Å². The summed E-state index contributed by atoms with van der Waals surface area (Å²) in [6, 6.07) is 5.84. The highest BCUT2D eigenvalue weighted by Crippen LogP contribution is 2.41. The van der Waals surface area contributed by atoms with Crippen LogP contribution in [-0.2, 0) is 16.0 Å². The van der Waals surface area contributed by atoms with Crippen LogP contribution in [0.4, 0.5) is 0 Å². The van der Waals surface area contributed by atoms with Crippen LogP contribution in [0.1, 0.15) is 30.9 Å². The summed E-state index contributed by atoms with van der Waals surface area (Å²) in [5, 5.41) is 0.698. The van der Waals surface area contributed by atoms with Gasteiger partial charge in [0.2, 0.25) is 0 Å². The lowest BCUT2D eigenvalue weighted by Gasteiger charge is -2.14. The van der Waals surface area contributed by atoms with E-state index in [9.17, 15) is 4.79 Å². The van der Waals surface area contributed by atoms with Gasteiger partial charge in [0.05, 0.1) is 6.61 Å². The quantitative estimate of drug-likeness (QED) is 0.769. The zero-order chi connectivity index (χ0) is 14.8. The molecule has 2 nitrogen and oxygen atoms in total. The first-order valence-corrected chi connectivity index (χ1v) is 7.63. The number of hydrogen-bond acceptors (Lipinski definition) is 2. The topological polar surface area (TPSA) is 26.3 Å². The molecule has 1 aromatic carbocycles. The molecule has 0 amide bonds. The summed E-state index contributed by atoms with van der Waals surface area (Å²) in [5.74, 6) is -0.213. The molecule has 3 heteroatoms. The summed E-state index contributed by atoms with van der Waals surface area (Å²) in [6.07, 6.45) is 8.86. The van der Waals surface area contributed by atoms with Gasteiger partial charge in [-0.25, -0.2) is 4.79 Å². The molecule has 0 radical (unpaired) electrons. The van der Waals surface area contributed by atoms with Crippen molar-refractivity contribution >= 4 is 23.1 Å². The van der Waals surface area contributed by atoms with Gasteiger partial charge in [0.15, 0.2) is 0 Å². The van der Waals surface area contributed by atoms with Crippen molar-refractivity contribution in [3.8, 4) is 0 Å². The van der Waals surface area contributed by atoms with Gasteiger partial charge in [-0.05, 0) is 54.2 Å². The van der Waals surface area contributed by atoms with Crippen LogP contribution in [-0.4, -0.2) is 12.6 Å². The third-order valence-corrected chi connectivity index (χ3v) is 4.10. The molecular formula is C18H17ClO2. The first-order valence-electron chi connectivity index (χ1n) is 7.26. The summed E-state index contributed by atoms with van der Waals surface area (Å²) >= 11 is 6.14. The fourth-order valence-corrected chi connectivity index (χ4v) is 3.12. The maximum Gasteiger partial charge on any atom is 0.334 e. The number of allylic oxidation sites excluding steroid dienone is 5. The fraction of sp³-hybridized carbons (Fsp3) is 0.278.